The molecule has 1 aromatic rings. The minimum Gasteiger partial charge on any atom is -0.349 e. The molecule has 1 radical (unpaired) electrons. The van der Waals surface area contributed by atoms with Crippen LogP contribution in [0.15, 0.2) is 30.3 Å². The van der Waals surface area contributed by atoms with Crippen LogP contribution in [0.3, 0.4) is 0 Å². The average molecular weight is 162 g/mol. The fourth-order valence-corrected chi connectivity index (χ4v) is 1.04. The third-order valence-corrected chi connectivity index (χ3v) is 1.66. The summed E-state index contributed by atoms with van der Waals surface area (Å²) < 4.78 is 0. The number of rotatable bonds is 2. The van der Waals surface area contributed by atoms with Crippen molar-refractivity contribution in [2.45, 2.75) is 13.0 Å². The fourth-order valence-electron chi connectivity index (χ4n) is 1.04. The Bertz CT molecular complexity index is 256. The lowest BCUT2D eigenvalue weighted by atomic mass is 10.1. The van der Waals surface area contributed by atoms with Gasteiger partial charge in [-0.3, -0.25) is 11.1 Å². The maximum atomic E-state index is 6.93. The SMILES string of the molecule is C[C@@H](NC([NH])=N)c1ccccc1. The van der Waals surface area contributed by atoms with Gasteiger partial charge >= 0.3 is 0 Å². The van der Waals surface area contributed by atoms with Crippen LogP contribution in [0.25, 0.3) is 0 Å². The first-order valence-electron chi connectivity index (χ1n) is 3.82. The molecule has 0 saturated heterocycles. The summed E-state index contributed by atoms with van der Waals surface area (Å²) in [5.74, 6) is -0.244. The van der Waals surface area contributed by atoms with Gasteiger partial charge in [-0.1, -0.05) is 30.3 Å². The van der Waals surface area contributed by atoms with Gasteiger partial charge < -0.3 is 5.32 Å². The van der Waals surface area contributed by atoms with Gasteiger partial charge in [0.2, 0.25) is 5.96 Å². The highest BCUT2D eigenvalue weighted by molar-refractivity contribution is 5.73. The second-order valence-corrected chi connectivity index (χ2v) is 2.65. The molecule has 12 heavy (non-hydrogen) atoms. The molecule has 1 rings (SSSR count). The largest absolute Gasteiger partial charge is 0.349 e. The number of hydrogen-bond donors (Lipinski definition) is 2. The van der Waals surface area contributed by atoms with Gasteiger partial charge in [-0.25, -0.2) is 0 Å². The summed E-state index contributed by atoms with van der Waals surface area (Å²) in [4.78, 5) is 0. The first-order valence-corrected chi connectivity index (χ1v) is 3.82. The Kier molecular flexibility index (Phi) is 2.69. The fraction of sp³-hybridized carbons (Fsp3) is 0.222. The van der Waals surface area contributed by atoms with Crippen LogP contribution < -0.4 is 11.1 Å². The predicted octanol–water partition coefficient (Wildman–Crippen LogP) is 1.55. The van der Waals surface area contributed by atoms with Crippen LogP contribution in [0.1, 0.15) is 18.5 Å². The van der Waals surface area contributed by atoms with Gasteiger partial charge in [0, 0.05) is 0 Å². The van der Waals surface area contributed by atoms with Crippen molar-refractivity contribution in [2.24, 2.45) is 0 Å². The van der Waals surface area contributed by atoms with Crippen molar-refractivity contribution in [2.75, 3.05) is 0 Å². The second-order valence-electron chi connectivity index (χ2n) is 2.65. The molecule has 3 nitrogen and oxygen atoms in total. The molecule has 0 aliphatic carbocycles. The molecule has 0 spiro atoms. The summed E-state index contributed by atoms with van der Waals surface area (Å²) in [6, 6.07) is 9.82. The van der Waals surface area contributed by atoms with E-state index in [0.717, 1.165) is 5.56 Å². The van der Waals surface area contributed by atoms with E-state index in [9.17, 15) is 0 Å². The van der Waals surface area contributed by atoms with E-state index in [2.05, 4.69) is 5.32 Å². The molecule has 0 fully saturated rings. The van der Waals surface area contributed by atoms with Crippen molar-refractivity contribution in [3.8, 4) is 0 Å². The molecule has 1 atom stereocenters. The van der Waals surface area contributed by atoms with Crippen molar-refractivity contribution in [1.29, 1.82) is 5.41 Å². The second kappa shape index (κ2) is 3.76. The van der Waals surface area contributed by atoms with Gasteiger partial charge in [0.25, 0.3) is 0 Å². The van der Waals surface area contributed by atoms with Crippen LogP contribution in [0.4, 0.5) is 0 Å². The van der Waals surface area contributed by atoms with Crippen LogP contribution in [-0.2, 0) is 0 Å². The first-order chi connectivity index (χ1) is 5.70. The van der Waals surface area contributed by atoms with Gasteiger partial charge in [-0.05, 0) is 12.5 Å². The highest BCUT2D eigenvalue weighted by Crippen LogP contribution is 2.09. The number of guanidine groups is 1. The Morgan fingerprint density at radius 1 is 1.33 bits per heavy atom. The van der Waals surface area contributed by atoms with Gasteiger partial charge in [0.05, 0.1) is 6.04 Å². The molecule has 0 aromatic heterocycles. The Balaban J connectivity index is 2.65. The summed E-state index contributed by atoms with van der Waals surface area (Å²) in [5, 5.41) is 9.64. The average Bonchev–Trinajstić information content (AvgIpc) is 2.05. The van der Waals surface area contributed by atoms with E-state index in [4.69, 9.17) is 11.1 Å². The molecule has 0 aliphatic rings. The molecule has 3 N–H and O–H groups in total. The van der Waals surface area contributed by atoms with E-state index in [-0.39, 0.29) is 12.0 Å². The zero-order chi connectivity index (χ0) is 8.97. The molecule has 0 saturated carbocycles. The molecule has 0 aliphatic heterocycles. The summed E-state index contributed by atoms with van der Waals surface area (Å²) in [7, 11) is 0. The third kappa shape index (κ3) is 2.27. The topological polar surface area (TPSA) is 59.7 Å². The smallest absolute Gasteiger partial charge is 0.208 e. The predicted molar refractivity (Wildman–Crippen MR) is 48.8 cm³/mol. The number of hydrogen-bond acceptors (Lipinski definition) is 1. The van der Waals surface area contributed by atoms with Crippen LogP contribution >= 0.6 is 0 Å². The summed E-state index contributed by atoms with van der Waals surface area (Å²) in [6.07, 6.45) is 0. The minimum atomic E-state index is -0.244. The van der Waals surface area contributed by atoms with E-state index in [0.29, 0.717) is 0 Å². The van der Waals surface area contributed by atoms with Gasteiger partial charge in [0.1, 0.15) is 0 Å². The Hall–Kier alpha value is -1.51. The molecule has 63 valence electrons. The molecular formula is C9H12N3. The van der Waals surface area contributed by atoms with E-state index in [1.165, 1.54) is 0 Å². The Labute approximate surface area is 72.1 Å². The van der Waals surface area contributed by atoms with Crippen molar-refractivity contribution in [1.82, 2.24) is 11.1 Å². The number of nitrogens with one attached hydrogen (secondary N) is 3. The monoisotopic (exact) mass is 162 g/mol. The zero-order valence-corrected chi connectivity index (χ0v) is 6.96. The third-order valence-electron chi connectivity index (χ3n) is 1.66. The standard InChI is InChI=1S/C9H12N3/c1-7(12-9(10)11)8-5-3-2-4-6-8/h2-7,10H,1H3,(H2,11,12)/t7-/m1/s1. The van der Waals surface area contributed by atoms with E-state index in [1.54, 1.807) is 0 Å². The lowest BCUT2D eigenvalue weighted by molar-refractivity contribution is 0.707. The van der Waals surface area contributed by atoms with E-state index >= 15 is 0 Å². The Morgan fingerprint density at radius 3 is 2.42 bits per heavy atom. The molecular weight excluding hydrogens is 150 g/mol. The highest BCUT2D eigenvalue weighted by Gasteiger charge is 2.03. The zero-order valence-electron chi connectivity index (χ0n) is 6.96. The van der Waals surface area contributed by atoms with Gasteiger partial charge in [-0.2, -0.15) is 0 Å². The number of benzene rings is 1. The summed E-state index contributed by atoms with van der Waals surface area (Å²) in [5.41, 5.74) is 8.02. The first kappa shape index (κ1) is 8.59. The van der Waals surface area contributed by atoms with Crippen molar-refractivity contribution >= 4 is 5.96 Å². The van der Waals surface area contributed by atoms with E-state index in [1.807, 2.05) is 37.3 Å². The molecule has 0 heterocycles. The van der Waals surface area contributed by atoms with Crippen molar-refractivity contribution in [3.63, 3.8) is 0 Å². The lowest BCUT2D eigenvalue weighted by Gasteiger charge is -2.12. The minimum absolute atomic E-state index is 0.0381. The van der Waals surface area contributed by atoms with E-state index < -0.39 is 0 Å². The van der Waals surface area contributed by atoms with Gasteiger partial charge in [-0.15, -0.1) is 0 Å². The quantitative estimate of drug-likeness (QED) is 0.503. The Morgan fingerprint density at radius 2 is 1.92 bits per heavy atom. The van der Waals surface area contributed by atoms with Crippen LogP contribution in [0.2, 0.25) is 0 Å². The molecule has 0 bridgehead atoms. The summed E-state index contributed by atoms with van der Waals surface area (Å²) >= 11 is 0. The normalized spacial score (nSPS) is 12.1. The molecule has 1 aromatic carbocycles. The highest BCUT2D eigenvalue weighted by atomic mass is 15.1. The summed E-state index contributed by atoms with van der Waals surface area (Å²) in [6.45, 7) is 1.93. The van der Waals surface area contributed by atoms with Crippen LogP contribution in [-0.4, -0.2) is 5.96 Å². The maximum Gasteiger partial charge on any atom is 0.208 e. The molecule has 0 unspecified atom stereocenters. The van der Waals surface area contributed by atoms with Crippen molar-refractivity contribution in [3.05, 3.63) is 35.9 Å². The molecule has 3 heteroatoms. The van der Waals surface area contributed by atoms with Crippen LogP contribution in [0, 0.1) is 5.41 Å². The van der Waals surface area contributed by atoms with Crippen LogP contribution in [0.5, 0.6) is 0 Å². The maximum absolute atomic E-state index is 6.93. The van der Waals surface area contributed by atoms with Crippen molar-refractivity contribution < 1.29 is 0 Å². The lowest BCUT2D eigenvalue weighted by Crippen LogP contribution is -2.26. The molecule has 0 amide bonds. The van der Waals surface area contributed by atoms with Gasteiger partial charge in [0.15, 0.2) is 0 Å².